The second kappa shape index (κ2) is 6.62. The number of ether oxygens (including phenoxy) is 1. The number of piperidine rings is 1. The van der Waals surface area contributed by atoms with E-state index in [4.69, 9.17) is 4.74 Å². The molecule has 0 aromatic heterocycles. The topological polar surface area (TPSA) is 38.3 Å². The van der Waals surface area contributed by atoms with E-state index < -0.39 is 0 Å². The van der Waals surface area contributed by atoms with Crippen LogP contribution in [0.5, 0.6) is 5.75 Å². The van der Waals surface area contributed by atoms with E-state index >= 15 is 0 Å². The van der Waals surface area contributed by atoms with Gasteiger partial charge in [-0.1, -0.05) is 0 Å². The van der Waals surface area contributed by atoms with Gasteiger partial charge in [0.05, 0.1) is 0 Å². The fourth-order valence-corrected chi connectivity index (χ4v) is 1.87. The maximum atomic E-state index is 11.1. The molecule has 0 atom stereocenters. The van der Waals surface area contributed by atoms with Crippen LogP contribution < -0.4 is 10.1 Å². The number of hydrogen-bond donors (Lipinski definition) is 1. The maximum Gasteiger partial charge on any atom is 0.159 e. The number of hydrogen-bond acceptors (Lipinski definition) is 3. The van der Waals surface area contributed by atoms with Crippen molar-refractivity contribution in [1.29, 1.82) is 0 Å². The second-order valence-electron chi connectivity index (χ2n) is 4.15. The highest BCUT2D eigenvalue weighted by Crippen LogP contribution is 2.17. The summed E-state index contributed by atoms with van der Waals surface area (Å²) in [5.41, 5.74) is 0.734. The van der Waals surface area contributed by atoms with E-state index in [1.54, 1.807) is 6.92 Å². The molecular formula is C13H18ClNO2. The molecule has 1 heterocycles. The Balaban J connectivity index is 0.00000144. The van der Waals surface area contributed by atoms with Crippen LogP contribution in [0.3, 0.4) is 0 Å². The number of carbonyl (C=O) groups excluding carboxylic acids is 1. The van der Waals surface area contributed by atoms with Crippen LogP contribution in [0.1, 0.15) is 30.1 Å². The summed E-state index contributed by atoms with van der Waals surface area (Å²) in [7, 11) is 0. The largest absolute Gasteiger partial charge is 0.490 e. The Morgan fingerprint density at radius 1 is 1.24 bits per heavy atom. The lowest BCUT2D eigenvalue weighted by Crippen LogP contribution is -2.34. The molecule has 1 aromatic carbocycles. The van der Waals surface area contributed by atoms with Crippen molar-refractivity contribution in [3.63, 3.8) is 0 Å². The molecule has 1 N–H and O–H groups in total. The number of rotatable bonds is 3. The second-order valence-corrected chi connectivity index (χ2v) is 4.15. The molecule has 17 heavy (non-hydrogen) atoms. The minimum absolute atomic E-state index is 0. The molecule has 3 nitrogen and oxygen atoms in total. The predicted molar refractivity (Wildman–Crippen MR) is 70.2 cm³/mol. The first kappa shape index (κ1) is 14.0. The minimum atomic E-state index is 0. The molecule has 1 aliphatic rings. The molecule has 0 saturated carbocycles. The monoisotopic (exact) mass is 255 g/mol. The molecule has 0 unspecified atom stereocenters. The summed E-state index contributed by atoms with van der Waals surface area (Å²) >= 11 is 0. The molecule has 0 radical (unpaired) electrons. The molecule has 0 amide bonds. The van der Waals surface area contributed by atoms with E-state index in [-0.39, 0.29) is 18.2 Å². The summed E-state index contributed by atoms with van der Waals surface area (Å²) in [6.45, 7) is 3.62. The first-order valence-electron chi connectivity index (χ1n) is 5.74. The van der Waals surface area contributed by atoms with E-state index in [1.165, 1.54) is 0 Å². The van der Waals surface area contributed by atoms with Crippen LogP contribution in [0, 0.1) is 0 Å². The highest BCUT2D eigenvalue weighted by atomic mass is 35.5. The van der Waals surface area contributed by atoms with Crippen molar-refractivity contribution < 1.29 is 9.53 Å². The van der Waals surface area contributed by atoms with Crippen molar-refractivity contribution in [2.75, 3.05) is 13.1 Å². The van der Waals surface area contributed by atoms with Crippen molar-refractivity contribution in [3.8, 4) is 5.75 Å². The summed E-state index contributed by atoms with van der Waals surface area (Å²) in [6.07, 6.45) is 2.41. The van der Waals surface area contributed by atoms with Gasteiger partial charge in [0.2, 0.25) is 0 Å². The normalized spacial score (nSPS) is 16.1. The quantitative estimate of drug-likeness (QED) is 0.844. The maximum absolute atomic E-state index is 11.1. The molecule has 0 bridgehead atoms. The molecule has 0 spiro atoms. The van der Waals surface area contributed by atoms with Crippen molar-refractivity contribution in [3.05, 3.63) is 29.8 Å². The molecular weight excluding hydrogens is 238 g/mol. The van der Waals surface area contributed by atoms with E-state index in [0.29, 0.717) is 6.10 Å². The number of nitrogens with one attached hydrogen (secondary N) is 1. The highest BCUT2D eigenvalue weighted by molar-refractivity contribution is 5.94. The predicted octanol–water partition coefficient (Wildman–Crippen LogP) is 2.44. The van der Waals surface area contributed by atoms with Gasteiger partial charge in [-0.15, -0.1) is 12.4 Å². The summed E-state index contributed by atoms with van der Waals surface area (Å²) in [6, 6.07) is 7.38. The van der Waals surface area contributed by atoms with E-state index in [0.717, 1.165) is 37.2 Å². The van der Waals surface area contributed by atoms with Gasteiger partial charge in [0, 0.05) is 5.56 Å². The lowest BCUT2D eigenvalue weighted by atomic mass is 10.1. The van der Waals surface area contributed by atoms with Crippen LogP contribution in [-0.4, -0.2) is 25.0 Å². The fraction of sp³-hybridized carbons (Fsp3) is 0.462. The van der Waals surface area contributed by atoms with E-state index in [2.05, 4.69) is 5.32 Å². The van der Waals surface area contributed by atoms with Gasteiger partial charge in [-0.05, 0) is 57.1 Å². The third-order valence-electron chi connectivity index (χ3n) is 2.85. The molecule has 1 fully saturated rings. The van der Waals surface area contributed by atoms with Gasteiger partial charge in [-0.2, -0.15) is 0 Å². The number of carbonyl (C=O) groups is 1. The number of Topliss-reactive ketones (excluding diaryl/α,β-unsaturated/α-hetero) is 1. The van der Waals surface area contributed by atoms with Crippen molar-refractivity contribution in [2.24, 2.45) is 0 Å². The van der Waals surface area contributed by atoms with Gasteiger partial charge in [0.25, 0.3) is 0 Å². The molecule has 1 aromatic rings. The summed E-state index contributed by atoms with van der Waals surface area (Å²) in [5, 5.41) is 3.30. The molecule has 94 valence electrons. The summed E-state index contributed by atoms with van der Waals surface area (Å²) in [4.78, 5) is 11.1. The number of ketones is 1. The van der Waals surface area contributed by atoms with E-state index in [9.17, 15) is 4.79 Å². The van der Waals surface area contributed by atoms with Crippen LogP contribution in [0.2, 0.25) is 0 Å². The Hall–Kier alpha value is -1.06. The van der Waals surface area contributed by atoms with Crippen molar-refractivity contribution >= 4 is 18.2 Å². The fourth-order valence-electron chi connectivity index (χ4n) is 1.87. The Labute approximate surface area is 108 Å². The van der Waals surface area contributed by atoms with Gasteiger partial charge in [-0.25, -0.2) is 0 Å². The van der Waals surface area contributed by atoms with Crippen LogP contribution >= 0.6 is 12.4 Å². The van der Waals surface area contributed by atoms with Gasteiger partial charge < -0.3 is 10.1 Å². The molecule has 4 heteroatoms. The zero-order chi connectivity index (χ0) is 11.4. The zero-order valence-corrected chi connectivity index (χ0v) is 10.8. The SMILES string of the molecule is CC(=O)c1ccc(OC2CCNCC2)cc1.Cl. The van der Waals surface area contributed by atoms with Gasteiger partial charge >= 0.3 is 0 Å². The van der Waals surface area contributed by atoms with Crippen molar-refractivity contribution in [2.45, 2.75) is 25.9 Å². The lowest BCUT2D eigenvalue weighted by Gasteiger charge is -2.23. The van der Waals surface area contributed by atoms with Crippen LogP contribution in [0.25, 0.3) is 0 Å². The van der Waals surface area contributed by atoms with E-state index in [1.807, 2.05) is 24.3 Å². The highest BCUT2D eigenvalue weighted by Gasteiger charge is 2.14. The first-order valence-corrected chi connectivity index (χ1v) is 5.74. The Morgan fingerprint density at radius 3 is 2.35 bits per heavy atom. The smallest absolute Gasteiger partial charge is 0.159 e. The first-order chi connectivity index (χ1) is 7.75. The summed E-state index contributed by atoms with van der Waals surface area (Å²) in [5.74, 6) is 0.949. The number of benzene rings is 1. The number of halogens is 1. The third-order valence-corrected chi connectivity index (χ3v) is 2.85. The van der Waals surface area contributed by atoms with Crippen LogP contribution in [-0.2, 0) is 0 Å². The van der Waals surface area contributed by atoms with Crippen molar-refractivity contribution in [1.82, 2.24) is 5.32 Å². The van der Waals surface area contributed by atoms with Gasteiger partial charge in [0.15, 0.2) is 5.78 Å². The average Bonchev–Trinajstić information content (AvgIpc) is 2.31. The third kappa shape index (κ3) is 4.02. The standard InChI is InChI=1S/C13H17NO2.ClH/c1-10(15)11-2-4-12(5-3-11)16-13-6-8-14-9-7-13;/h2-5,13-14H,6-9H2,1H3;1H. The lowest BCUT2D eigenvalue weighted by molar-refractivity contribution is 0.101. The average molecular weight is 256 g/mol. The minimum Gasteiger partial charge on any atom is -0.490 e. The Kier molecular flexibility index (Phi) is 5.45. The van der Waals surface area contributed by atoms with Gasteiger partial charge in [0.1, 0.15) is 11.9 Å². The Bertz CT molecular complexity index is 358. The molecule has 1 saturated heterocycles. The molecule has 0 aliphatic carbocycles. The van der Waals surface area contributed by atoms with Crippen LogP contribution in [0.15, 0.2) is 24.3 Å². The van der Waals surface area contributed by atoms with Crippen LogP contribution in [0.4, 0.5) is 0 Å². The molecule has 2 rings (SSSR count). The van der Waals surface area contributed by atoms with Gasteiger partial charge in [-0.3, -0.25) is 4.79 Å². The summed E-state index contributed by atoms with van der Waals surface area (Å²) < 4.78 is 5.84. The Morgan fingerprint density at radius 2 is 1.82 bits per heavy atom. The zero-order valence-electron chi connectivity index (χ0n) is 9.94. The molecule has 1 aliphatic heterocycles.